The average Bonchev–Trinajstić information content (AvgIpc) is 1.70. The maximum absolute atomic E-state index is 12.0. The molecule has 0 saturated heterocycles. The van der Waals surface area contributed by atoms with Crippen LogP contribution in [-0.2, 0) is 9.22 Å². The van der Waals surface area contributed by atoms with Gasteiger partial charge < -0.3 is 4.43 Å². The maximum Gasteiger partial charge on any atom is 0.411 e. The molecule has 0 amide bonds. The first kappa shape index (κ1) is 15.3. The Kier molecular flexibility index (Phi) is 4.07. The summed E-state index contributed by atoms with van der Waals surface area (Å²) in [4.78, 5) is 10.8. The minimum atomic E-state index is -5.69. The molecule has 0 aliphatic carbocycles. The Hall–Kier alpha value is -0.733. The van der Waals surface area contributed by atoms with Gasteiger partial charge in [-0.1, -0.05) is 0 Å². The van der Waals surface area contributed by atoms with E-state index in [4.69, 9.17) is 0 Å². The van der Waals surface area contributed by atoms with Crippen LogP contribution >= 0.6 is 0 Å². The van der Waals surface area contributed by atoms with Crippen LogP contribution in [-0.4, -0.2) is 26.6 Å². The molecule has 0 unspecified atom stereocenters. The third-order valence-electron chi connectivity index (χ3n) is 1.30. The highest BCUT2D eigenvalue weighted by atomic mass is 28.4. The fourth-order valence-electron chi connectivity index (χ4n) is 0.814. The van der Waals surface area contributed by atoms with Crippen LogP contribution in [0.15, 0.2) is 0 Å². The second-order valence-electron chi connectivity index (χ2n) is 4.05. The van der Waals surface area contributed by atoms with Crippen LogP contribution in [0.1, 0.15) is 0 Å². The van der Waals surface area contributed by atoms with Crippen LogP contribution in [0.25, 0.3) is 0 Å². The number of rotatable bonds is 2. The largest absolute Gasteiger partial charge is 0.519 e. The summed E-state index contributed by atoms with van der Waals surface area (Å²) < 4.78 is 76.4. The van der Waals surface area contributed by atoms with Gasteiger partial charge in [0.25, 0.3) is 0 Å². The molecule has 0 radical (unpaired) electrons. The topological polar surface area (TPSA) is 26.3 Å². The number of hydrogen-bond donors (Lipinski definition) is 0. The molecule has 0 aromatic carbocycles. The molecule has 0 aliphatic rings. The van der Waals surface area contributed by atoms with Gasteiger partial charge in [-0.15, -0.1) is 0 Å². The van der Waals surface area contributed by atoms with Crippen molar-refractivity contribution in [2.45, 2.75) is 32.0 Å². The van der Waals surface area contributed by atoms with E-state index >= 15 is 0 Å². The molecular formula is C7H10F6O2Si. The zero-order valence-electron chi connectivity index (χ0n) is 8.66. The zero-order valence-corrected chi connectivity index (χ0v) is 9.66. The number of halogens is 6. The van der Waals surface area contributed by atoms with E-state index in [2.05, 4.69) is 4.43 Å². The Labute approximate surface area is 88.7 Å². The lowest BCUT2D eigenvalue weighted by Crippen LogP contribution is -2.46. The van der Waals surface area contributed by atoms with E-state index in [0.29, 0.717) is 0 Å². The summed E-state index contributed by atoms with van der Waals surface area (Å²) in [5, 5.41) is 0. The van der Waals surface area contributed by atoms with Crippen molar-refractivity contribution in [2.24, 2.45) is 5.92 Å². The standard InChI is InChI=1S/C7H10F6O2Si/c1-16(2,3)15-5(14)4(6(8,9)10)7(11,12)13/h4H,1-3H3. The van der Waals surface area contributed by atoms with E-state index in [1.165, 1.54) is 19.6 Å². The fourth-order valence-corrected chi connectivity index (χ4v) is 1.53. The van der Waals surface area contributed by atoms with Crippen molar-refractivity contribution >= 4 is 14.3 Å². The molecule has 0 atom stereocenters. The van der Waals surface area contributed by atoms with Crippen LogP contribution in [0.4, 0.5) is 26.3 Å². The molecule has 9 heteroatoms. The Morgan fingerprint density at radius 2 is 1.31 bits per heavy atom. The molecule has 0 aromatic rings. The first-order valence-electron chi connectivity index (χ1n) is 4.11. The van der Waals surface area contributed by atoms with Crippen molar-refractivity contribution in [1.29, 1.82) is 0 Å². The fraction of sp³-hybridized carbons (Fsp3) is 0.857. The second-order valence-corrected chi connectivity index (χ2v) is 8.48. The molecule has 0 saturated carbocycles. The summed E-state index contributed by atoms with van der Waals surface area (Å²) >= 11 is 0. The summed E-state index contributed by atoms with van der Waals surface area (Å²) in [6.45, 7) is 3.94. The highest BCUT2D eigenvalue weighted by Gasteiger charge is 2.62. The molecule has 16 heavy (non-hydrogen) atoms. The first-order valence-corrected chi connectivity index (χ1v) is 7.52. The second kappa shape index (κ2) is 4.26. The van der Waals surface area contributed by atoms with Gasteiger partial charge in [0.15, 0.2) is 0 Å². The third kappa shape index (κ3) is 4.86. The smallest absolute Gasteiger partial charge is 0.411 e. The summed E-state index contributed by atoms with van der Waals surface area (Å²) in [5.74, 6) is -6.34. The van der Waals surface area contributed by atoms with Crippen LogP contribution in [0.5, 0.6) is 0 Å². The molecule has 0 heterocycles. The van der Waals surface area contributed by atoms with Crippen molar-refractivity contribution in [3.63, 3.8) is 0 Å². The monoisotopic (exact) mass is 268 g/mol. The van der Waals surface area contributed by atoms with Gasteiger partial charge in [-0.25, -0.2) is 0 Å². The molecule has 96 valence electrons. The number of carbonyl (C=O) groups excluding carboxylic acids is 1. The SMILES string of the molecule is C[Si](C)(C)OC(=O)C(C(F)(F)F)C(F)(F)F. The van der Waals surface area contributed by atoms with E-state index in [9.17, 15) is 31.1 Å². The molecule has 0 spiro atoms. The summed E-state index contributed by atoms with van der Waals surface area (Å²) in [6.07, 6.45) is -11.4. The van der Waals surface area contributed by atoms with Crippen LogP contribution < -0.4 is 0 Å². The molecule has 0 aromatic heterocycles. The van der Waals surface area contributed by atoms with Gasteiger partial charge in [-0.3, -0.25) is 4.79 Å². The van der Waals surface area contributed by atoms with Gasteiger partial charge >= 0.3 is 18.3 Å². The minimum absolute atomic E-state index is 1.31. The number of carbonyl (C=O) groups is 1. The van der Waals surface area contributed by atoms with E-state index < -0.39 is 32.6 Å². The zero-order chi connectivity index (χ0) is 13.4. The van der Waals surface area contributed by atoms with E-state index in [1.807, 2.05) is 0 Å². The summed E-state index contributed by atoms with van der Waals surface area (Å²) in [6, 6.07) is 0. The summed E-state index contributed by atoms with van der Waals surface area (Å²) in [7, 11) is -2.79. The van der Waals surface area contributed by atoms with Crippen LogP contribution in [0.2, 0.25) is 19.6 Å². The van der Waals surface area contributed by atoms with Gasteiger partial charge in [0.05, 0.1) is 0 Å². The van der Waals surface area contributed by atoms with Crippen LogP contribution in [0, 0.1) is 5.92 Å². The van der Waals surface area contributed by atoms with Crippen molar-refractivity contribution in [2.75, 3.05) is 0 Å². The van der Waals surface area contributed by atoms with Crippen molar-refractivity contribution in [3.05, 3.63) is 0 Å². The van der Waals surface area contributed by atoms with Gasteiger partial charge in [0.1, 0.15) is 0 Å². The quantitative estimate of drug-likeness (QED) is 0.568. The van der Waals surface area contributed by atoms with Crippen molar-refractivity contribution in [1.82, 2.24) is 0 Å². The number of hydrogen-bond acceptors (Lipinski definition) is 2. The summed E-state index contributed by atoms with van der Waals surface area (Å²) in [5.41, 5.74) is 0. The number of alkyl halides is 6. The highest BCUT2D eigenvalue weighted by molar-refractivity contribution is 6.71. The molecular weight excluding hydrogens is 258 g/mol. The van der Waals surface area contributed by atoms with Gasteiger partial charge in [-0.2, -0.15) is 26.3 Å². The Morgan fingerprint density at radius 1 is 1.00 bits per heavy atom. The first-order chi connectivity index (χ1) is 6.75. The minimum Gasteiger partial charge on any atom is -0.519 e. The van der Waals surface area contributed by atoms with E-state index in [1.54, 1.807) is 0 Å². The van der Waals surface area contributed by atoms with E-state index in [0.717, 1.165) is 0 Å². The van der Waals surface area contributed by atoms with Crippen molar-refractivity contribution < 1.29 is 35.6 Å². The molecule has 0 rings (SSSR count). The molecule has 0 fully saturated rings. The van der Waals surface area contributed by atoms with Gasteiger partial charge in [0, 0.05) is 0 Å². The molecule has 0 N–H and O–H groups in total. The Morgan fingerprint density at radius 3 is 1.50 bits per heavy atom. The highest BCUT2D eigenvalue weighted by Crippen LogP contribution is 2.40. The lowest BCUT2D eigenvalue weighted by molar-refractivity contribution is -0.279. The van der Waals surface area contributed by atoms with Crippen LogP contribution in [0.3, 0.4) is 0 Å². The average molecular weight is 268 g/mol. The maximum atomic E-state index is 12.0. The normalized spacial score (nSPS) is 14.1. The predicted octanol–water partition coefficient (Wildman–Crippen LogP) is 3.11. The lowest BCUT2D eigenvalue weighted by Gasteiger charge is -2.25. The third-order valence-corrected chi connectivity index (χ3v) is 2.11. The van der Waals surface area contributed by atoms with Gasteiger partial charge in [0.2, 0.25) is 14.2 Å². The lowest BCUT2D eigenvalue weighted by atomic mass is 10.1. The Bertz CT molecular complexity index is 250. The van der Waals surface area contributed by atoms with E-state index in [-0.39, 0.29) is 0 Å². The van der Waals surface area contributed by atoms with Crippen molar-refractivity contribution in [3.8, 4) is 0 Å². The molecule has 2 nitrogen and oxygen atoms in total. The Balaban J connectivity index is 5.03. The van der Waals surface area contributed by atoms with Gasteiger partial charge in [-0.05, 0) is 19.6 Å². The molecule has 0 aliphatic heterocycles. The molecule has 0 bridgehead atoms. The predicted molar refractivity (Wildman–Crippen MR) is 45.0 cm³/mol.